The summed E-state index contributed by atoms with van der Waals surface area (Å²) < 4.78 is 3.90. The van der Waals surface area contributed by atoms with E-state index in [2.05, 4.69) is 60.7 Å². The molecule has 0 aliphatic heterocycles. The standard InChI is InChI=1S/C13H9.C12H23Si.C5H5.Zr/c1-3-7-12-10(5-1)9-11-6-2-4-8-13(11)12;1-3-7-11(8-4-1)13-12-9-5-2-6-10-12;1-2-4-5-3-1;/h1-5,7-8H,9H2;11-13H,1-10H2;1-3H,4H2;. The molecule has 4 aliphatic carbocycles. The normalized spacial score (nSPS) is 21.0. The Labute approximate surface area is 203 Å². The summed E-state index contributed by atoms with van der Waals surface area (Å²) >= 11 is -1.93. The van der Waals surface area contributed by atoms with E-state index < -0.39 is 26.8 Å². The first-order valence-electron chi connectivity index (χ1n) is 13.3. The van der Waals surface area contributed by atoms with E-state index >= 15 is 0 Å². The number of fused-ring (bicyclic) bond motifs is 3. The second-order valence-electron chi connectivity index (χ2n) is 10.7. The third kappa shape index (κ3) is 4.05. The first-order valence-corrected chi connectivity index (χ1v) is 22.0. The number of hydrogen-bond donors (Lipinski definition) is 0. The molecular weight excluding hydrogens is 480 g/mol. The summed E-state index contributed by atoms with van der Waals surface area (Å²) in [7, 11) is 0. The Hall–Kier alpha value is -0.980. The van der Waals surface area contributed by atoms with Crippen LogP contribution >= 0.6 is 0 Å². The van der Waals surface area contributed by atoms with Crippen molar-refractivity contribution in [1.29, 1.82) is 0 Å². The molecule has 0 atom stereocenters. The van der Waals surface area contributed by atoms with Gasteiger partial charge in [0.25, 0.3) is 0 Å². The van der Waals surface area contributed by atoms with E-state index in [1.54, 1.807) is 42.4 Å². The maximum absolute atomic E-state index is 2.64. The van der Waals surface area contributed by atoms with Crippen LogP contribution in [0.3, 0.4) is 0 Å². The van der Waals surface area contributed by atoms with Gasteiger partial charge in [0.2, 0.25) is 0 Å². The van der Waals surface area contributed by atoms with Crippen molar-refractivity contribution in [3.8, 4) is 11.1 Å². The zero-order valence-electron chi connectivity index (χ0n) is 19.5. The number of allylic oxidation sites excluding steroid dienone is 4. The summed E-state index contributed by atoms with van der Waals surface area (Å²) in [6.07, 6.45) is 25.4. The van der Waals surface area contributed by atoms with Gasteiger partial charge >= 0.3 is 204 Å². The first kappa shape index (κ1) is 21.5. The van der Waals surface area contributed by atoms with Crippen molar-refractivity contribution in [1.82, 2.24) is 0 Å². The molecule has 0 bridgehead atoms. The van der Waals surface area contributed by atoms with Crippen LogP contribution in [0.15, 0.2) is 64.0 Å². The van der Waals surface area contributed by atoms with Gasteiger partial charge in [-0.25, -0.2) is 0 Å². The Morgan fingerprint density at radius 1 is 0.719 bits per heavy atom. The Morgan fingerprint density at radius 2 is 1.41 bits per heavy atom. The van der Waals surface area contributed by atoms with Crippen molar-refractivity contribution in [2.24, 2.45) is 0 Å². The summed E-state index contributed by atoms with van der Waals surface area (Å²) in [5, 5.41) is 0. The third-order valence-corrected chi connectivity index (χ3v) is 34.0. The van der Waals surface area contributed by atoms with Crippen molar-refractivity contribution in [2.75, 3.05) is 0 Å². The molecule has 165 valence electrons. The van der Waals surface area contributed by atoms with Gasteiger partial charge in [0.15, 0.2) is 0 Å². The topological polar surface area (TPSA) is 0 Å². The number of benzene rings is 2. The van der Waals surface area contributed by atoms with Crippen LogP contribution in [0.4, 0.5) is 0 Å². The summed E-state index contributed by atoms with van der Waals surface area (Å²) in [6, 6.07) is 16.8. The molecule has 0 unspecified atom stereocenters. The third-order valence-electron chi connectivity index (χ3n) is 8.91. The molecule has 0 nitrogen and oxygen atoms in total. The van der Waals surface area contributed by atoms with Crippen molar-refractivity contribution in [3.63, 3.8) is 0 Å². The molecule has 2 fully saturated rings. The molecule has 4 aliphatic rings. The van der Waals surface area contributed by atoms with Crippen molar-refractivity contribution >= 4 is 9.19 Å². The quantitative estimate of drug-likeness (QED) is 0.304. The fourth-order valence-corrected chi connectivity index (χ4v) is 37.3. The van der Waals surface area contributed by atoms with E-state index in [4.69, 9.17) is 0 Å². The van der Waals surface area contributed by atoms with Crippen LogP contribution in [0.2, 0.25) is 11.1 Å². The van der Waals surface area contributed by atoms with Gasteiger partial charge in [0.05, 0.1) is 0 Å². The molecule has 0 amide bonds. The Bertz CT molecular complexity index is 1000. The van der Waals surface area contributed by atoms with E-state index in [0.29, 0.717) is 0 Å². The summed E-state index contributed by atoms with van der Waals surface area (Å²) in [4.78, 5) is 0. The molecule has 0 saturated heterocycles. The van der Waals surface area contributed by atoms with Crippen molar-refractivity contribution in [2.45, 2.75) is 88.1 Å². The van der Waals surface area contributed by atoms with E-state index in [0.717, 1.165) is 11.1 Å². The molecule has 2 heteroatoms. The second kappa shape index (κ2) is 9.71. The molecular formula is C30H37SiZr. The Balaban J connectivity index is 1.46. The Morgan fingerprint density at radius 3 is 2.09 bits per heavy atom. The monoisotopic (exact) mass is 515 g/mol. The van der Waals surface area contributed by atoms with Gasteiger partial charge in [-0.2, -0.15) is 0 Å². The average Bonchev–Trinajstić information content (AvgIpc) is 3.52. The summed E-state index contributed by atoms with van der Waals surface area (Å²) in [5.41, 5.74) is 8.73. The predicted molar refractivity (Wildman–Crippen MR) is 137 cm³/mol. The van der Waals surface area contributed by atoms with Crippen LogP contribution in [-0.2, 0) is 27.3 Å². The fourth-order valence-electron chi connectivity index (χ4n) is 7.47. The fraction of sp³-hybridized carbons (Fsp3) is 0.467. The molecule has 32 heavy (non-hydrogen) atoms. The van der Waals surface area contributed by atoms with Crippen LogP contribution < -0.4 is 3.27 Å². The molecule has 2 aromatic rings. The number of rotatable bonds is 5. The predicted octanol–water partition coefficient (Wildman–Crippen LogP) is 7.74. The van der Waals surface area contributed by atoms with Gasteiger partial charge in [-0.15, -0.1) is 0 Å². The van der Waals surface area contributed by atoms with Gasteiger partial charge < -0.3 is 0 Å². The van der Waals surface area contributed by atoms with Gasteiger partial charge in [-0.1, -0.05) is 0 Å². The van der Waals surface area contributed by atoms with Gasteiger partial charge in [-0.05, 0) is 0 Å². The molecule has 6 rings (SSSR count). The molecule has 0 spiro atoms. The van der Waals surface area contributed by atoms with Crippen LogP contribution in [0.5, 0.6) is 0 Å². The zero-order chi connectivity index (χ0) is 21.3. The van der Waals surface area contributed by atoms with Crippen LogP contribution in [-0.4, -0.2) is 5.92 Å². The van der Waals surface area contributed by atoms with Crippen molar-refractivity contribution < 1.29 is 20.9 Å². The van der Waals surface area contributed by atoms with E-state index in [-0.39, 0.29) is 0 Å². The summed E-state index contributed by atoms with van der Waals surface area (Å²) in [5.74, 6) is -0.835. The molecule has 0 aromatic heterocycles. The first-order chi connectivity index (χ1) is 15.9. The van der Waals surface area contributed by atoms with E-state index in [1.165, 1.54) is 56.9 Å². The zero-order valence-corrected chi connectivity index (χ0v) is 23.1. The summed E-state index contributed by atoms with van der Waals surface area (Å²) in [6.45, 7) is 0. The minimum atomic E-state index is -1.93. The van der Waals surface area contributed by atoms with Gasteiger partial charge in [0, 0.05) is 0 Å². The van der Waals surface area contributed by atoms with Gasteiger partial charge in [0.1, 0.15) is 0 Å². The van der Waals surface area contributed by atoms with Gasteiger partial charge in [-0.3, -0.25) is 0 Å². The second-order valence-corrected chi connectivity index (χ2v) is 26.9. The average molecular weight is 517 g/mol. The molecule has 0 radical (unpaired) electrons. The molecule has 2 aromatic carbocycles. The minimum absolute atomic E-state index is 0.835. The molecule has 2 saturated carbocycles. The van der Waals surface area contributed by atoms with E-state index in [9.17, 15) is 0 Å². The van der Waals surface area contributed by atoms with E-state index in [1.807, 2.05) is 6.55 Å². The molecule has 0 N–H and O–H groups in total. The maximum atomic E-state index is 2.64. The molecule has 0 heterocycles. The van der Waals surface area contributed by atoms with Crippen LogP contribution in [0, 0.1) is 0 Å². The number of hydrogen-bond acceptors (Lipinski definition) is 0. The van der Waals surface area contributed by atoms with Crippen LogP contribution in [0.1, 0.15) is 81.8 Å². The SMILES string of the molecule is C1=CC[C]([Zr]([c]2cccc3c2Cc2ccccc2-3)[SiH](C2CCCCC2)C2CCCCC2)=C1. The van der Waals surface area contributed by atoms with Crippen molar-refractivity contribution in [3.05, 3.63) is 75.1 Å². The van der Waals surface area contributed by atoms with Crippen LogP contribution in [0.25, 0.3) is 11.1 Å². The Kier molecular flexibility index (Phi) is 6.54.